The van der Waals surface area contributed by atoms with Gasteiger partial charge in [0.25, 0.3) is 0 Å². The van der Waals surface area contributed by atoms with Crippen molar-refractivity contribution in [2.45, 2.75) is 57.9 Å². The van der Waals surface area contributed by atoms with Crippen LogP contribution in [0, 0.1) is 0 Å². The fourth-order valence-corrected chi connectivity index (χ4v) is 5.33. The molecule has 0 amide bonds. The van der Waals surface area contributed by atoms with E-state index >= 15 is 0 Å². The summed E-state index contributed by atoms with van der Waals surface area (Å²) >= 11 is 0. The second kappa shape index (κ2) is 7.24. The molecule has 1 aliphatic carbocycles. The van der Waals surface area contributed by atoms with Gasteiger partial charge in [-0.2, -0.15) is 5.10 Å². The molecule has 2 aliphatic rings. The second-order valence-corrected chi connectivity index (χ2v) is 8.94. The summed E-state index contributed by atoms with van der Waals surface area (Å²) in [6.45, 7) is 4.64. The minimum absolute atomic E-state index is 0.704. The van der Waals surface area contributed by atoms with E-state index in [1.165, 1.54) is 60.1 Å². The average molecular weight is 401 g/mol. The molecule has 1 aliphatic heterocycles. The van der Waals surface area contributed by atoms with Crippen molar-refractivity contribution >= 4 is 16.6 Å². The first-order valence-corrected chi connectivity index (χ1v) is 11.4. The van der Waals surface area contributed by atoms with Gasteiger partial charge < -0.3 is 9.32 Å². The van der Waals surface area contributed by atoms with Crippen molar-refractivity contribution in [2.24, 2.45) is 0 Å². The Kier molecular flexibility index (Phi) is 4.38. The fraction of sp³-hybridized carbons (Fsp3) is 0.440. The highest BCUT2D eigenvalue weighted by atomic mass is 16.3. The summed E-state index contributed by atoms with van der Waals surface area (Å²) in [4.78, 5) is 7.45. The largest absolute Gasteiger partial charge is 0.461 e. The van der Waals surface area contributed by atoms with Crippen molar-refractivity contribution in [3.63, 3.8) is 0 Å². The average Bonchev–Trinajstić information content (AvgIpc) is 3.49. The summed E-state index contributed by atoms with van der Waals surface area (Å²) in [5, 5.41) is 5.77. The highest BCUT2D eigenvalue weighted by Crippen LogP contribution is 2.33. The number of hydrogen-bond acceptors (Lipinski definition) is 4. The molecule has 4 heterocycles. The normalized spacial score (nSPS) is 19.7. The van der Waals surface area contributed by atoms with Gasteiger partial charge in [-0.1, -0.05) is 0 Å². The summed E-state index contributed by atoms with van der Waals surface area (Å²) in [5.74, 6) is 1.09. The summed E-state index contributed by atoms with van der Waals surface area (Å²) in [6.07, 6.45) is 10.1. The Hall–Kier alpha value is -2.66. The zero-order valence-electron chi connectivity index (χ0n) is 17.6. The van der Waals surface area contributed by atoms with Crippen LogP contribution < -0.4 is 0 Å². The van der Waals surface area contributed by atoms with E-state index in [-0.39, 0.29) is 0 Å². The van der Waals surface area contributed by atoms with Crippen LogP contribution in [0.15, 0.2) is 40.9 Å². The molecule has 3 aromatic heterocycles. The van der Waals surface area contributed by atoms with E-state index in [0.717, 1.165) is 42.8 Å². The molecule has 154 valence electrons. The maximum absolute atomic E-state index is 6.18. The van der Waals surface area contributed by atoms with Crippen LogP contribution in [0.3, 0.4) is 0 Å². The van der Waals surface area contributed by atoms with Crippen molar-refractivity contribution < 1.29 is 4.42 Å². The third kappa shape index (κ3) is 3.03. The van der Waals surface area contributed by atoms with Crippen molar-refractivity contribution in [2.75, 3.05) is 13.1 Å². The minimum Gasteiger partial charge on any atom is -0.461 e. The molecule has 0 saturated carbocycles. The number of nitrogens with zero attached hydrogens (tertiary/aromatic N) is 4. The van der Waals surface area contributed by atoms with Crippen LogP contribution >= 0.6 is 0 Å². The summed E-state index contributed by atoms with van der Waals surface area (Å²) in [7, 11) is 0. The van der Waals surface area contributed by atoms with Crippen molar-refractivity contribution in [3.05, 3.63) is 53.5 Å². The fourth-order valence-electron chi connectivity index (χ4n) is 5.33. The first kappa shape index (κ1) is 18.1. The summed E-state index contributed by atoms with van der Waals surface area (Å²) in [5.41, 5.74) is 6.94. The molecule has 1 fully saturated rings. The Bertz CT molecular complexity index is 1220. The molecule has 1 unspecified atom stereocenters. The van der Waals surface area contributed by atoms with Crippen molar-refractivity contribution in [1.29, 1.82) is 0 Å². The number of fused-ring (bicyclic) bond motifs is 3. The van der Waals surface area contributed by atoms with E-state index in [4.69, 9.17) is 9.40 Å². The maximum atomic E-state index is 6.18. The van der Waals surface area contributed by atoms with Crippen molar-refractivity contribution in [3.8, 4) is 11.3 Å². The Morgan fingerprint density at radius 3 is 2.93 bits per heavy atom. The lowest BCUT2D eigenvalue weighted by Crippen LogP contribution is -2.28. The Morgan fingerprint density at radius 1 is 1.10 bits per heavy atom. The number of hydrogen-bond donors (Lipinski definition) is 0. The van der Waals surface area contributed by atoms with Crippen LogP contribution in [-0.2, 0) is 19.3 Å². The standard InChI is InChI=1S/C25H28N4O/c1-17-5-4-13-28(17)14-11-20-16-19-15-18(8-9-23(19)30-20)25-21-6-2-3-7-22(21)27-24-10-12-26-29(24)25/h8-10,12,15-17H,2-7,11,13-14H2,1H3. The minimum atomic E-state index is 0.704. The molecule has 30 heavy (non-hydrogen) atoms. The topological polar surface area (TPSA) is 46.6 Å². The van der Waals surface area contributed by atoms with E-state index in [1.54, 1.807) is 0 Å². The number of rotatable bonds is 4. The molecule has 0 radical (unpaired) electrons. The SMILES string of the molecule is CC1CCCN1CCc1cc2cc(-c3c4c(nc5ccnn35)CCCC4)ccc2o1. The Labute approximate surface area is 176 Å². The smallest absolute Gasteiger partial charge is 0.155 e. The third-order valence-electron chi connectivity index (χ3n) is 6.99. The van der Waals surface area contributed by atoms with Gasteiger partial charge in [0.1, 0.15) is 11.3 Å². The van der Waals surface area contributed by atoms with Crippen LogP contribution in [0.1, 0.15) is 49.6 Å². The second-order valence-electron chi connectivity index (χ2n) is 8.94. The first-order chi connectivity index (χ1) is 14.8. The molecule has 1 atom stereocenters. The van der Waals surface area contributed by atoms with Gasteiger partial charge in [0.15, 0.2) is 5.65 Å². The summed E-state index contributed by atoms with van der Waals surface area (Å²) in [6, 6.07) is 11.5. The van der Waals surface area contributed by atoms with E-state index in [2.05, 4.69) is 41.2 Å². The van der Waals surface area contributed by atoms with Crippen LogP contribution in [0.2, 0.25) is 0 Å². The maximum Gasteiger partial charge on any atom is 0.155 e. The lowest BCUT2D eigenvalue weighted by atomic mass is 9.92. The van der Waals surface area contributed by atoms with Gasteiger partial charge in [-0.25, -0.2) is 9.50 Å². The van der Waals surface area contributed by atoms with Crippen LogP contribution in [0.5, 0.6) is 0 Å². The van der Waals surface area contributed by atoms with Gasteiger partial charge in [0.05, 0.1) is 11.9 Å². The number of aryl methyl sites for hydroxylation is 1. The molecular weight excluding hydrogens is 372 g/mol. The molecule has 4 aromatic rings. The zero-order valence-corrected chi connectivity index (χ0v) is 17.6. The monoisotopic (exact) mass is 400 g/mol. The lowest BCUT2D eigenvalue weighted by molar-refractivity contribution is 0.266. The number of furan rings is 1. The number of aromatic nitrogens is 3. The van der Waals surface area contributed by atoms with E-state index in [1.807, 2.05) is 16.8 Å². The van der Waals surface area contributed by atoms with Crippen LogP contribution in [-0.4, -0.2) is 38.6 Å². The Balaban J connectivity index is 1.37. The zero-order chi connectivity index (χ0) is 20.1. The summed E-state index contributed by atoms with van der Waals surface area (Å²) < 4.78 is 8.19. The predicted octanol–water partition coefficient (Wildman–Crippen LogP) is 5.05. The molecule has 5 nitrogen and oxygen atoms in total. The molecule has 0 N–H and O–H groups in total. The molecule has 5 heteroatoms. The van der Waals surface area contributed by atoms with Gasteiger partial charge in [0, 0.05) is 47.3 Å². The number of benzene rings is 1. The molecule has 0 bridgehead atoms. The Morgan fingerprint density at radius 2 is 2.03 bits per heavy atom. The van der Waals surface area contributed by atoms with Crippen LogP contribution in [0.25, 0.3) is 27.9 Å². The van der Waals surface area contributed by atoms with Gasteiger partial charge >= 0.3 is 0 Å². The molecular formula is C25H28N4O. The quantitative estimate of drug-likeness (QED) is 0.481. The van der Waals surface area contributed by atoms with Crippen molar-refractivity contribution in [1.82, 2.24) is 19.5 Å². The van der Waals surface area contributed by atoms with E-state index in [9.17, 15) is 0 Å². The predicted molar refractivity (Wildman–Crippen MR) is 119 cm³/mol. The highest BCUT2D eigenvalue weighted by Gasteiger charge is 2.22. The highest BCUT2D eigenvalue weighted by molar-refractivity contribution is 5.84. The lowest BCUT2D eigenvalue weighted by Gasteiger charge is -2.19. The first-order valence-electron chi connectivity index (χ1n) is 11.4. The van der Waals surface area contributed by atoms with Crippen LogP contribution in [0.4, 0.5) is 0 Å². The number of likely N-dealkylation sites (tertiary alicyclic amines) is 1. The molecule has 6 rings (SSSR count). The van der Waals surface area contributed by atoms with Gasteiger partial charge in [-0.15, -0.1) is 0 Å². The van der Waals surface area contributed by atoms with Gasteiger partial charge in [-0.05, 0) is 76.3 Å². The third-order valence-corrected chi connectivity index (χ3v) is 6.99. The molecule has 1 aromatic carbocycles. The van der Waals surface area contributed by atoms with Gasteiger partial charge in [0.2, 0.25) is 0 Å². The van der Waals surface area contributed by atoms with Gasteiger partial charge in [-0.3, -0.25) is 0 Å². The molecule has 0 spiro atoms. The van der Waals surface area contributed by atoms with E-state index in [0.29, 0.717) is 6.04 Å². The molecule has 1 saturated heterocycles. The van der Waals surface area contributed by atoms with E-state index < -0.39 is 0 Å².